The van der Waals surface area contributed by atoms with Crippen LogP contribution in [0.5, 0.6) is 5.75 Å². The van der Waals surface area contributed by atoms with Gasteiger partial charge in [0.15, 0.2) is 5.96 Å². The van der Waals surface area contributed by atoms with E-state index in [2.05, 4.69) is 35.9 Å². The van der Waals surface area contributed by atoms with Crippen LogP contribution >= 0.6 is 39.9 Å². The van der Waals surface area contributed by atoms with Crippen LogP contribution in [0.1, 0.15) is 25.3 Å². The zero-order valence-corrected chi connectivity index (χ0v) is 18.8. The van der Waals surface area contributed by atoms with E-state index in [9.17, 15) is 8.78 Å². The minimum atomic E-state index is -2.85. The van der Waals surface area contributed by atoms with Crippen LogP contribution in [0.2, 0.25) is 0 Å². The van der Waals surface area contributed by atoms with Crippen molar-refractivity contribution in [2.24, 2.45) is 4.99 Å². The average Bonchev–Trinajstić information content (AvgIpc) is 2.59. The van der Waals surface area contributed by atoms with Crippen molar-refractivity contribution in [1.29, 1.82) is 0 Å². The Morgan fingerprint density at radius 1 is 1.38 bits per heavy atom. The van der Waals surface area contributed by atoms with Crippen molar-refractivity contribution in [3.63, 3.8) is 0 Å². The normalized spacial score (nSPS) is 15.8. The molecule has 9 heteroatoms. The van der Waals surface area contributed by atoms with Gasteiger partial charge in [0.25, 0.3) is 0 Å². The standard InChI is InChI=1S/C17H24BrF2N3O2.HI/c1-3-24-14-6-8-23(9-7-14)17(21-2)22-11-12-10-13(18)4-5-15(12)25-16(19)20;/h4-5,10,14,16H,3,6-9,11H2,1-2H3,(H,21,22);1H. The molecule has 0 amide bonds. The van der Waals surface area contributed by atoms with Gasteiger partial charge in [-0.25, -0.2) is 0 Å². The fourth-order valence-corrected chi connectivity index (χ4v) is 3.28. The Labute approximate surface area is 178 Å². The number of hydrogen-bond acceptors (Lipinski definition) is 3. The number of ether oxygens (including phenoxy) is 2. The lowest BCUT2D eigenvalue weighted by molar-refractivity contribution is -0.0504. The Morgan fingerprint density at radius 3 is 2.65 bits per heavy atom. The highest BCUT2D eigenvalue weighted by atomic mass is 127. The third kappa shape index (κ3) is 7.15. The number of aliphatic imine (C=N–C) groups is 1. The number of hydrogen-bond donors (Lipinski definition) is 1. The first-order valence-corrected chi connectivity index (χ1v) is 9.13. The SMILES string of the molecule is CCOC1CCN(C(=NC)NCc2cc(Br)ccc2OC(F)F)CC1.I. The lowest BCUT2D eigenvalue weighted by Crippen LogP contribution is -2.46. The second kappa shape index (κ2) is 11.9. The van der Waals surface area contributed by atoms with Crippen molar-refractivity contribution < 1.29 is 18.3 Å². The van der Waals surface area contributed by atoms with Crippen LogP contribution in [0.3, 0.4) is 0 Å². The van der Waals surface area contributed by atoms with Gasteiger partial charge >= 0.3 is 6.61 Å². The predicted octanol–water partition coefficient (Wildman–Crippen LogP) is 4.24. The monoisotopic (exact) mass is 547 g/mol. The topological polar surface area (TPSA) is 46.1 Å². The number of benzene rings is 1. The van der Waals surface area contributed by atoms with E-state index in [-0.39, 0.29) is 29.7 Å². The molecule has 1 fully saturated rings. The molecule has 0 aromatic heterocycles. The first kappa shape index (κ1) is 23.4. The van der Waals surface area contributed by atoms with E-state index < -0.39 is 6.61 Å². The molecule has 0 spiro atoms. The third-order valence-electron chi connectivity index (χ3n) is 4.03. The minimum absolute atomic E-state index is 0. The molecule has 5 nitrogen and oxygen atoms in total. The van der Waals surface area contributed by atoms with Crippen LogP contribution in [0.15, 0.2) is 27.7 Å². The van der Waals surface area contributed by atoms with Crippen LogP contribution < -0.4 is 10.1 Å². The quantitative estimate of drug-likeness (QED) is 0.329. The first-order chi connectivity index (χ1) is 12.0. The zero-order valence-electron chi connectivity index (χ0n) is 14.9. The van der Waals surface area contributed by atoms with Gasteiger partial charge in [-0.2, -0.15) is 8.78 Å². The Morgan fingerprint density at radius 2 is 2.08 bits per heavy atom. The van der Waals surface area contributed by atoms with Crippen LogP contribution in [-0.4, -0.2) is 50.3 Å². The molecule has 0 aliphatic carbocycles. The molecule has 1 aliphatic rings. The average molecular weight is 548 g/mol. The number of piperidine rings is 1. The Kier molecular flexibility index (Phi) is 10.7. The summed E-state index contributed by atoms with van der Waals surface area (Å²) in [5, 5.41) is 3.23. The fourth-order valence-electron chi connectivity index (χ4n) is 2.87. The molecule has 1 aromatic rings. The summed E-state index contributed by atoms with van der Waals surface area (Å²) in [6.07, 6.45) is 2.20. The molecule has 2 rings (SSSR count). The third-order valence-corrected chi connectivity index (χ3v) is 4.52. The molecule has 1 N–H and O–H groups in total. The Bertz CT molecular complexity index is 585. The van der Waals surface area contributed by atoms with Gasteiger partial charge in [-0.15, -0.1) is 24.0 Å². The molecule has 0 unspecified atom stereocenters. The molecule has 1 aliphatic heterocycles. The smallest absolute Gasteiger partial charge is 0.387 e. The van der Waals surface area contributed by atoms with E-state index in [1.165, 1.54) is 6.07 Å². The summed E-state index contributed by atoms with van der Waals surface area (Å²) >= 11 is 3.36. The van der Waals surface area contributed by atoms with E-state index in [1.807, 2.05) is 6.92 Å². The van der Waals surface area contributed by atoms with E-state index in [1.54, 1.807) is 19.2 Å². The van der Waals surface area contributed by atoms with Crippen molar-refractivity contribution >= 4 is 45.9 Å². The maximum atomic E-state index is 12.6. The number of likely N-dealkylation sites (tertiary alicyclic amines) is 1. The highest BCUT2D eigenvalue weighted by molar-refractivity contribution is 14.0. The van der Waals surface area contributed by atoms with Crippen LogP contribution in [0.25, 0.3) is 0 Å². The van der Waals surface area contributed by atoms with Crippen molar-refractivity contribution in [3.8, 4) is 5.75 Å². The van der Waals surface area contributed by atoms with Crippen molar-refractivity contribution in [3.05, 3.63) is 28.2 Å². The molecule has 0 radical (unpaired) electrons. The number of halogens is 4. The molecular weight excluding hydrogens is 523 g/mol. The summed E-state index contributed by atoms with van der Waals surface area (Å²) in [6.45, 7) is 1.93. The summed E-state index contributed by atoms with van der Waals surface area (Å²) in [5.74, 6) is 0.911. The number of nitrogens with zero attached hydrogens (tertiary/aromatic N) is 2. The Hall–Kier alpha value is -0.680. The van der Waals surface area contributed by atoms with Gasteiger partial charge in [-0.1, -0.05) is 15.9 Å². The van der Waals surface area contributed by atoms with Gasteiger partial charge in [0.1, 0.15) is 5.75 Å². The lowest BCUT2D eigenvalue weighted by atomic mass is 10.1. The predicted molar refractivity (Wildman–Crippen MR) is 113 cm³/mol. The van der Waals surface area contributed by atoms with E-state index in [0.717, 1.165) is 43.0 Å². The minimum Gasteiger partial charge on any atom is -0.434 e. The molecule has 0 atom stereocenters. The summed E-state index contributed by atoms with van der Waals surface area (Å²) < 4.78 is 36.2. The second-order valence-electron chi connectivity index (χ2n) is 5.67. The fraction of sp³-hybridized carbons (Fsp3) is 0.588. The number of rotatable bonds is 6. The van der Waals surface area contributed by atoms with Crippen LogP contribution in [0.4, 0.5) is 8.78 Å². The highest BCUT2D eigenvalue weighted by Crippen LogP contribution is 2.25. The van der Waals surface area contributed by atoms with Crippen molar-refractivity contribution in [2.75, 3.05) is 26.7 Å². The van der Waals surface area contributed by atoms with Gasteiger partial charge in [-0.3, -0.25) is 4.99 Å². The first-order valence-electron chi connectivity index (χ1n) is 8.34. The van der Waals surface area contributed by atoms with Crippen LogP contribution in [-0.2, 0) is 11.3 Å². The van der Waals surface area contributed by atoms with Crippen molar-refractivity contribution in [1.82, 2.24) is 10.2 Å². The second-order valence-corrected chi connectivity index (χ2v) is 6.59. The molecule has 1 aromatic carbocycles. The van der Waals surface area contributed by atoms with Crippen molar-refractivity contribution in [2.45, 2.75) is 39.0 Å². The molecule has 0 saturated carbocycles. The van der Waals surface area contributed by atoms with Gasteiger partial charge in [-0.05, 0) is 38.0 Å². The van der Waals surface area contributed by atoms with Gasteiger partial charge < -0.3 is 19.7 Å². The van der Waals surface area contributed by atoms with Gasteiger partial charge in [0, 0.05) is 43.3 Å². The van der Waals surface area contributed by atoms with E-state index in [0.29, 0.717) is 18.2 Å². The molecular formula is C17H25BrF2IN3O2. The molecule has 1 heterocycles. The van der Waals surface area contributed by atoms with Crippen LogP contribution in [0, 0.1) is 0 Å². The maximum Gasteiger partial charge on any atom is 0.387 e. The summed E-state index contributed by atoms with van der Waals surface area (Å²) in [4.78, 5) is 6.45. The summed E-state index contributed by atoms with van der Waals surface area (Å²) in [5.41, 5.74) is 0.639. The maximum absolute atomic E-state index is 12.6. The van der Waals surface area contributed by atoms with E-state index >= 15 is 0 Å². The molecule has 148 valence electrons. The number of guanidine groups is 1. The Balaban J connectivity index is 0.00000338. The number of nitrogens with one attached hydrogen (secondary N) is 1. The lowest BCUT2D eigenvalue weighted by Gasteiger charge is -2.34. The molecule has 26 heavy (non-hydrogen) atoms. The molecule has 1 saturated heterocycles. The zero-order chi connectivity index (χ0) is 18.2. The van der Waals surface area contributed by atoms with Gasteiger partial charge in [0.05, 0.1) is 6.10 Å². The largest absolute Gasteiger partial charge is 0.434 e. The van der Waals surface area contributed by atoms with E-state index in [4.69, 9.17) is 4.74 Å². The number of alkyl halides is 2. The summed E-state index contributed by atoms with van der Waals surface area (Å²) in [7, 11) is 1.72. The highest BCUT2D eigenvalue weighted by Gasteiger charge is 2.21. The molecule has 0 bridgehead atoms. The van der Waals surface area contributed by atoms with Gasteiger partial charge in [0.2, 0.25) is 0 Å². The summed E-state index contributed by atoms with van der Waals surface area (Å²) in [6, 6.07) is 4.97.